The van der Waals surface area contributed by atoms with Gasteiger partial charge < -0.3 is 15.0 Å². The molecule has 2 N–H and O–H groups in total. The van der Waals surface area contributed by atoms with Crippen LogP contribution in [0.25, 0.3) is 28.1 Å². The minimum absolute atomic E-state index is 0.00714. The van der Waals surface area contributed by atoms with E-state index in [-0.39, 0.29) is 11.7 Å². The normalized spacial score (nSPS) is 15.0. The fourth-order valence-electron chi connectivity index (χ4n) is 5.98. The first-order chi connectivity index (χ1) is 21.7. The quantitative estimate of drug-likeness (QED) is 0.221. The number of fused-ring (bicyclic) bond motifs is 1. The number of carbonyl (C=O) groups excluding carboxylic acids is 1. The zero-order chi connectivity index (χ0) is 31.7. The highest BCUT2D eigenvalue weighted by molar-refractivity contribution is 6.36. The smallest absolute Gasteiger partial charge is 0.263 e. The number of nitrogens with one attached hydrogen (secondary N) is 1. The summed E-state index contributed by atoms with van der Waals surface area (Å²) in [4.78, 5) is 37.6. The van der Waals surface area contributed by atoms with Crippen molar-refractivity contribution in [2.75, 3.05) is 18.4 Å². The molecular weight excluding hydrogens is 586 g/mol. The van der Waals surface area contributed by atoms with Crippen LogP contribution in [0.5, 0.6) is 0 Å². The van der Waals surface area contributed by atoms with Gasteiger partial charge in [-0.25, -0.2) is 0 Å². The van der Waals surface area contributed by atoms with Crippen LogP contribution >= 0.6 is 11.6 Å². The first-order valence-electron chi connectivity index (χ1n) is 14.9. The first-order valence-corrected chi connectivity index (χ1v) is 15.2. The molecule has 5 aromatic rings. The summed E-state index contributed by atoms with van der Waals surface area (Å²) in [5.74, 6) is -0.542. The van der Waals surface area contributed by atoms with Gasteiger partial charge in [-0.05, 0) is 65.4 Å². The molecule has 1 saturated heterocycles. The molecule has 1 aliphatic rings. The average Bonchev–Trinajstić information content (AvgIpc) is 3.44. The van der Waals surface area contributed by atoms with Crippen molar-refractivity contribution in [1.82, 2.24) is 19.4 Å². The summed E-state index contributed by atoms with van der Waals surface area (Å²) in [7, 11) is 1.60. The number of hydrogen-bond acceptors (Lipinski definition) is 6. The van der Waals surface area contributed by atoms with Crippen LogP contribution in [-0.2, 0) is 20.0 Å². The van der Waals surface area contributed by atoms with Gasteiger partial charge in [0.1, 0.15) is 5.56 Å². The van der Waals surface area contributed by atoms with Gasteiger partial charge in [0.25, 0.3) is 11.5 Å². The molecule has 0 unspecified atom stereocenters. The highest BCUT2D eigenvalue weighted by Crippen LogP contribution is 2.37. The van der Waals surface area contributed by atoms with Crippen molar-refractivity contribution in [3.63, 3.8) is 0 Å². The van der Waals surface area contributed by atoms with E-state index in [1.807, 2.05) is 42.7 Å². The molecule has 4 heterocycles. The van der Waals surface area contributed by atoms with E-state index in [0.29, 0.717) is 29.2 Å². The van der Waals surface area contributed by atoms with Crippen LogP contribution in [0.4, 0.5) is 5.69 Å². The topological polar surface area (TPSA) is 100 Å². The number of likely N-dealkylation sites (tertiary alicyclic amines) is 1. The van der Waals surface area contributed by atoms with Gasteiger partial charge in [0.2, 0.25) is 0 Å². The molecule has 0 aliphatic carbocycles. The Kier molecular flexibility index (Phi) is 8.63. The Morgan fingerprint density at radius 1 is 1.16 bits per heavy atom. The average molecular weight is 620 g/mol. The molecule has 228 valence electrons. The lowest BCUT2D eigenvalue weighted by molar-refractivity contribution is 0.102. The van der Waals surface area contributed by atoms with E-state index in [4.69, 9.17) is 21.6 Å². The van der Waals surface area contributed by atoms with Crippen molar-refractivity contribution >= 4 is 40.2 Å². The van der Waals surface area contributed by atoms with Gasteiger partial charge in [0.15, 0.2) is 0 Å². The molecule has 9 heteroatoms. The number of halogens is 1. The van der Waals surface area contributed by atoms with Crippen LogP contribution in [0.3, 0.4) is 0 Å². The second-order valence-electron chi connectivity index (χ2n) is 11.5. The van der Waals surface area contributed by atoms with Crippen LogP contribution in [0.2, 0.25) is 5.02 Å². The number of anilines is 1. The lowest BCUT2D eigenvalue weighted by Gasteiger charge is -2.16. The van der Waals surface area contributed by atoms with Gasteiger partial charge in [0.05, 0.1) is 28.0 Å². The second-order valence-corrected chi connectivity index (χ2v) is 11.9. The third-order valence-electron chi connectivity index (χ3n) is 8.41. The number of amides is 1. The summed E-state index contributed by atoms with van der Waals surface area (Å²) < 4.78 is 1.36. The van der Waals surface area contributed by atoms with Crippen molar-refractivity contribution < 1.29 is 9.90 Å². The second kappa shape index (κ2) is 12.8. The van der Waals surface area contributed by atoms with Crippen molar-refractivity contribution in [2.45, 2.75) is 32.4 Å². The number of benzene rings is 2. The van der Waals surface area contributed by atoms with Gasteiger partial charge in [-0.3, -0.25) is 24.5 Å². The molecule has 1 aliphatic heterocycles. The maximum absolute atomic E-state index is 13.2. The van der Waals surface area contributed by atoms with Crippen LogP contribution in [0.1, 0.15) is 44.7 Å². The van der Waals surface area contributed by atoms with Crippen molar-refractivity contribution in [1.29, 1.82) is 0 Å². The minimum atomic E-state index is -0.542. The summed E-state index contributed by atoms with van der Waals surface area (Å²) in [5, 5.41) is 14.1. The van der Waals surface area contributed by atoms with E-state index >= 15 is 0 Å². The molecule has 8 nitrogen and oxygen atoms in total. The Morgan fingerprint density at radius 2 is 1.96 bits per heavy atom. The monoisotopic (exact) mass is 619 g/mol. The molecule has 3 aromatic heterocycles. The lowest BCUT2D eigenvalue weighted by Crippen LogP contribution is -2.27. The fraction of sp³-hybridized carbons (Fsp3) is 0.222. The predicted octanol–water partition coefficient (Wildman–Crippen LogP) is 6.01. The van der Waals surface area contributed by atoms with Crippen LogP contribution < -0.4 is 10.9 Å². The number of rotatable bonds is 8. The Balaban J connectivity index is 1.27. The van der Waals surface area contributed by atoms with Crippen molar-refractivity contribution in [3.05, 3.63) is 129 Å². The number of carbonyl (C=O) groups is 1. The van der Waals surface area contributed by atoms with Crippen LogP contribution in [-0.4, -0.2) is 49.6 Å². The molecule has 6 rings (SSSR count). The van der Waals surface area contributed by atoms with Gasteiger partial charge in [-0.15, -0.1) is 0 Å². The summed E-state index contributed by atoms with van der Waals surface area (Å²) in [6, 6.07) is 17.2. The Morgan fingerprint density at radius 3 is 2.73 bits per heavy atom. The maximum atomic E-state index is 13.2. The summed E-state index contributed by atoms with van der Waals surface area (Å²) in [6.07, 6.45) is 8.08. The molecule has 0 radical (unpaired) electrons. The van der Waals surface area contributed by atoms with E-state index in [1.54, 1.807) is 25.4 Å². The summed E-state index contributed by atoms with van der Waals surface area (Å²) >= 11 is 6.90. The number of aliphatic hydroxyl groups is 1. The molecule has 0 saturated carbocycles. The number of hydrogen-bond donors (Lipinski definition) is 2. The van der Waals surface area contributed by atoms with E-state index in [9.17, 15) is 14.7 Å². The SMILES string of the molecule is C=Cc1cc(C(=O)Nc2cccc(-c3cccc(Cc4nccc5cc(CN6CC[C@@H](O)C6)cnc45)c3C)c2Cl)c(=O)n(C)c1. The van der Waals surface area contributed by atoms with Gasteiger partial charge >= 0.3 is 0 Å². The van der Waals surface area contributed by atoms with Gasteiger partial charge in [0, 0.05) is 62.6 Å². The van der Waals surface area contributed by atoms with Crippen LogP contribution in [0, 0.1) is 6.92 Å². The maximum Gasteiger partial charge on any atom is 0.263 e. The number of aryl methyl sites for hydroxylation is 1. The number of pyridine rings is 3. The summed E-state index contributed by atoms with van der Waals surface area (Å²) in [6.45, 7) is 8.14. The Bertz CT molecular complexity index is 2000. The highest BCUT2D eigenvalue weighted by Gasteiger charge is 2.21. The standard InChI is InChI=1S/C36H34ClN5O3/c1-4-23-16-30(36(45)41(3)19-23)35(44)40-31-10-6-9-29(33(31)37)28-8-5-7-25(22(28)2)17-32-34-26(11-13-38-32)15-24(18-39-34)20-42-14-12-27(43)21-42/h4-11,13,15-16,18-19,27,43H,1,12,14,17,20-21H2,2-3H3,(H,40,44)/t27-/m1/s1. The van der Waals surface area contributed by atoms with E-state index in [1.165, 1.54) is 10.6 Å². The third kappa shape index (κ3) is 6.31. The Labute approximate surface area is 266 Å². The number of nitrogens with zero attached hydrogens (tertiary/aromatic N) is 4. The molecule has 2 aromatic carbocycles. The molecule has 1 atom stereocenters. The van der Waals surface area contributed by atoms with Gasteiger partial charge in [-0.2, -0.15) is 0 Å². The number of aliphatic hydroxyl groups excluding tert-OH is 1. The molecule has 45 heavy (non-hydrogen) atoms. The van der Waals surface area contributed by atoms with E-state index in [0.717, 1.165) is 63.9 Å². The lowest BCUT2D eigenvalue weighted by atomic mass is 9.93. The molecule has 0 spiro atoms. The number of β-amino-alcohol motifs (C(OH)–C–C–N with tert-alkyl or cyclic N) is 1. The largest absolute Gasteiger partial charge is 0.392 e. The number of aromatic nitrogens is 3. The van der Waals surface area contributed by atoms with Crippen molar-refractivity contribution in [2.24, 2.45) is 7.05 Å². The molecule has 1 fully saturated rings. The molecule has 1 amide bonds. The zero-order valence-corrected chi connectivity index (χ0v) is 26.0. The summed E-state index contributed by atoms with van der Waals surface area (Å²) in [5.41, 5.74) is 7.35. The van der Waals surface area contributed by atoms with Crippen molar-refractivity contribution in [3.8, 4) is 11.1 Å². The molecule has 0 bridgehead atoms. The first kappa shape index (κ1) is 30.4. The van der Waals surface area contributed by atoms with E-state index in [2.05, 4.69) is 35.9 Å². The third-order valence-corrected chi connectivity index (χ3v) is 8.82. The van der Waals surface area contributed by atoms with E-state index < -0.39 is 11.5 Å². The fourth-order valence-corrected chi connectivity index (χ4v) is 6.25. The zero-order valence-electron chi connectivity index (χ0n) is 25.3. The molecular formula is C36H34ClN5O3. The van der Waals surface area contributed by atoms with Crippen LogP contribution in [0.15, 0.2) is 84.6 Å². The highest BCUT2D eigenvalue weighted by atomic mass is 35.5. The predicted molar refractivity (Wildman–Crippen MR) is 180 cm³/mol. The van der Waals surface area contributed by atoms with Gasteiger partial charge in [-0.1, -0.05) is 54.6 Å². The Hall–Kier alpha value is -4.63. The minimum Gasteiger partial charge on any atom is -0.392 e.